The monoisotopic (exact) mass is 413 g/mol. The summed E-state index contributed by atoms with van der Waals surface area (Å²) in [7, 11) is -2.13. The first-order valence-electron chi connectivity index (χ1n) is 8.11. The number of halogens is 1. The third-order valence-corrected chi connectivity index (χ3v) is 5.21. The van der Waals surface area contributed by atoms with Crippen molar-refractivity contribution >= 4 is 28.3 Å². The lowest BCUT2D eigenvalue weighted by Crippen LogP contribution is -2.32. The van der Waals surface area contributed by atoms with Crippen LogP contribution in [0.5, 0.6) is 0 Å². The number of nitrogens with one attached hydrogen (secondary N) is 2. The minimum atomic E-state index is -3.62. The van der Waals surface area contributed by atoms with Gasteiger partial charge in [-0.15, -0.1) is 12.4 Å². The fraction of sp³-hybridized carbons (Fsp3) is 0.278. The Balaban J connectivity index is 0.00000364. The van der Waals surface area contributed by atoms with Crippen molar-refractivity contribution in [1.82, 2.24) is 10.0 Å². The Hall–Kier alpha value is -1.97. The largest absolute Gasteiger partial charge is 0.383 e. The highest BCUT2D eigenvalue weighted by Crippen LogP contribution is 2.11. The van der Waals surface area contributed by atoms with Crippen molar-refractivity contribution in [2.45, 2.75) is 10.9 Å². The van der Waals surface area contributed by atoms with E-state index >= 15 is 0 Å². The minimum Gasteiger partial charge on any atom is -0.383 e. The topological polar surface area (TPSA) is 111 Å². The SMILES string of the molecule is COCCNS(=O)(=O)c1ccc(C(=O)NCC(N)c2ccccc2)cc1.Cl. The van der Waals surface area contributed by atoms with Gasteiger partial charge in [-0.2, -0.15) is 0 Å². The molecule has 0 aliphatic heterocycles. The summed E-state index contributed by atoms with van der Waals surface area (Å²) in [5.74, 6) is -0.312. The standard InChI is InChI=1S/C18H23N3O4S.ClH/c1-25-12-11-21-26(23,24)16-9-7-15(8-10-16)18(22)20-13-17(19)14-5-3-2-4-6-14;/h2-10,17,21H,11-13,19H2,1H3,(H,20,22);1H. The molecule has 0 radical (unpaired) electrons. The third-order valence-electron chi connectivity index (χ3n) is 3.74. The molecule has 9 heteroatoms. The van der Waals surface area contributed by atoms with E-state index in [4.69, 9.17) is 10.5 Å². The van der Waals surface area contributed by atoms with Gasteiger partial charge in [-0.05, 0) is 29.8 Å². The average molecular weight is 414 g/mol. The zero-order valence-corrected chi connectivity index (χ0v) is 16.6. The lowest BCUT2D eigenvalue weighted by atomic mass is 10.1. The van der Waals surface area contributed by atoms with Crippen LogP contribution in [-0.2, 0) is 14.8 Å². The first-order valence-corrected chi connectivity index (χ1v) is 9.60. The predicted molar refractivity (Wildman–Crippen MR) is 106 cm³/mol. The van der Waals surface area contributed by atoms with Crippen molar-refractivity contribution in [3.05, 3.63) is 65.7 Å². The molecule has 0 aromatic heterocycles. The summed E-state index contributed by atoms with van der Waals surface area (Å²) >= 11 is 0. The van der Waals surface area contributed by atoms with E-state index in [1.807, 2.05) is 30.3 Å². The van der Waals surface area contributed by atoms with Gasteiger partial charge in [0.2, 0.25) is 10.0 Å². The number of nitrogens with two attached hydrogens (primary N) is 1. The van der Waals surface area contributed by atoms with Crippen LogP contribution in [-0.4, -0.2) is 41.1 Å². The third kappa shape index (κ3) is 6.93. The van der Waals surface area contributed by atoms with Gasteiger partial charge in [0.25, 0.3) is 5.91 Å². The molecule has 148 valence electrons. The number of methoxy groups -OCH3 is 1. The highest BCUT2D eigenvalue weighted by Gasteiger charge is 2.15. The highest BCUT2D eigenvalue weighted by molar-refractivity contribution is 7.89. The zero-order chi connectivity index (χ0) is 19.0. The molecule has 0 aliphatic rings. The van der Waals surface area contributed by atoms with Crippen LogP contribution in [0.15, 0.2) is 59.5 Å². The van der Waals surface area contributed by atoms with Crippen LogP contribution in [0.3, 0.4) is 0 Å². The van der Waals surface area contributed by atoms with Gasteiger partial charge in [0.05, 0.1) is 11.5 Å². The number of hydrogen-bond donors (Lipinski definition) is 3. The molecular weight excluding hydrogens is 390 g/mol. The average Bonchev–Trinajstić information content (AvgIpc) is 2.66. The molecule has 2 aromatic carbocycles. The Labute approximate surface area is 165 Å². The lowest BCUT2D eigenvalue weighted by molar-refractivity contribution is 0.0951. The summed E-state index contributed by atoms with van der Waals surface area (Å²) in [6.45, 7) is 0.737. The fourth-order valence-corrected chi connectivity index (χ4v) is 3.28. The molecule has 0 spiro atoms. The quantitative estimate of drug-likeness (QED) is 0.539. The smallest absolute Gasteiger partial charge is 0.251 e. The van der Waals surface area contributed by atoms with Crippen LogP contribution < -0.4 is 15.8 Å². The molecule has 0 bridgehead atoms. The normalized spacial score (nSPS) is 12.1. The maximum absolute atomic E-state index is 12.2. The summed E-state index contributed by atoms with van der Waals surface area (Å²) in [6, 6.07) is 14.9. The summed E-state index contributed by atoms with van der Waals surface area (Å²) in [5, 5.41) is 2.75. The van der Waals surface area contributed by atoms with Crippen LogP contribution in [0.1, 0.15) is 22.0 Å². The van der Waals surface area contributed by atoms with E-state index in [1.54, 1.807) is 0 Å². The second kappa shape index (κ2) is 11.0. The van der Waals surface area contributed by atoms with Crippen LogP contribution in [0.4, 0.5) is 0 Å². The van der Waals surface area contributed by atoms with Gasteiger partial charge in [-0.25, -0.2) is 13.1 Å². The number of benzene rings is 2. The lowest BCUT2D eigenvalue weighted by Gasteiger charge is -2.13. The van der Waals surface area contributed by atoms with E-state index < -0.39 is 10.0 Å². The van der Waals surface area contributed by atoms with E-state index in [1.165, 1.54) is 31.4 Å². The fourth-order valence-electron chi connectivity index (χ4n) is 2.27. The van der Waals surface area contributed by atoms with E-state index in [2.05, 4.69) is 10.0 Å². The number of ether oxygens (including phenoxy) is 1. The van der Waals surface area contributed by atoms with Gasteiger partial charge in [-0.1, -0.05) is 30.3 Å². The molecule has 1 amide bonds. The second-order valence-corrected chi connectivity index (χ2v) is 7.41. The molecule has 0 heterocycles. The van der Waals surface area contributed by atoms with Crippen LogP contribution in [0.2, 0.25) is 0 Å². The maximum Gasteiger partial charge on any atom is 0.251 e. The molecule has 2 aromatic rings. The summed E-state index contributed by atoms with van der Waals surface area (Å²) in [4.78, 5) is 12.3. The highest BCUT2D eigenvalue weighted by atomic mass is 35.5. The molecule has 1 atom stereocenters. The number of sulfonamides is 1. The molecular formula is C18H24ClN3O4S. The number of carbonyl (C=O) groups is 1. The molecule has 7 nitrogen and oxygen atoms in total. The summed E-state index contributed by atoms with van der Waals surface area (Å²) in [6.07, 6.45) is 0. The van der Waals surface area contributed by atoms with Crippen LogP contribution >= 0.6 is 12.4 Å². The van der Waals surface area contributed by atoms with Gasteiger partial charge in [0, 0.05) is 31.8 Å². The number of hydrogen-bond acceptors (Lipinski definition) is 5. The van der Waals surface area contributed by atoms with Gasteiger partial charge in [-0.3, -0.25) is 4.79 Å². The van der Waals surface area contributed by atoms with Crippen molar-refractivity contribution in [1.29, 1.82) is 0 Å². The van der Waals surface area contributed by atoms with Crippen LogP contribution in [0, 0.1) is 0 Å². The molecule has 0 fully saturated rings. The second-order valence-electron chi connectivity index (χ2n) is 5.64. The Kier molecular flexibility index (Phi) is 9.40. The molecule has 2 rings (SSSR count). The number of carbonyl (C=O) groups excluding carboxylic acids is 1. The van der Waals surface area contributed by atoms with E-state index in [0.29, 0.717) is 5.56 Å². The molecule has 0 saturated carbocycles. The number of amides is 1. The molecule has 4 N–H and O–H groups in total. The minimum absolute atomic E-state index is 0. The van der Waals surface area contributed by atoms with Gasteiger partial charge >= 0.3 is 0 Å². The molecule has 27 heavy (non-hydrogen) atoms. The Morgan fingerprint density at radius 1 is 1.11 bits per heavy atom. The van der Waals surface area contributed by atoms with Gasteiger partial charge in [0.1, 0.15) is 0 Å². The maximum atomic E-state index is 12.2. The Bertz CT molecular complexity index is 814. The van der Waals surface area contributed by atoms with Gasteiger partial charge < -0.3 is 15.8 Å². The van der Waals surface area contributed by atoms with Gasteiger partial charge in [0.15, 0.2) is 0 Å². The van der Waals surface area contributed by atoms with Crippen LogP contribution in [0.25, 0.3) is 0 Å². The molecule has 1 unspecified atom stereocenters. The molecule has 0 aliphatic carbocycles. The summed E-state index contributed by atoms with van der Waals surface area (Å²) < 4.78 is 31.4. The van der Waals surface area contributed by atoms with E-state index in [0.717, 1.165) is 5.56 Å². The molecule has 0 saturated heterocycles. The van der Waals surface area contributed by atoms with Crippen molar-refractivity contribution < 1.29 is 17.9 Å². The van der Waals surface area contributed by atoms with E-state index in [9.17, 15) is 13.2 Å². The number of rotatable bonds is 9. The first-order chi connectivity index (χ1) is 12.4. The first kappa shape index (κ1) is 23.1. The Morgan fingerprint density at radius 2 is 1.74 bits per heavy atom. The van der Waals surface area contributed by atoms with Crippen molar-refractivity contribution in [3.8, 4) is 0 Å². The van der Waals surface area contributed by atoms with Crippen molar-refractivity contribution in [2.75, 3.05) is 26.8 Å². The Morgan fingerprint density at radius 3 is 2.33 bits per heavy atom. The van der Waals surface area contributed by atoms with Crippen molar-refractivity contribution in [2.24, 2.45) is 5.73 Å². The van der Waals surface area contributed by atoms with Crippen molar-refractivity contribution in [3.63, 3.8) is 0 Å². The zero-order valence-electron chi connectivity index (χ0n) is 14.9. The predicted octanol–water partition coefficient (Wildman–Crippen LogP) is 1.46. The van der Waals surface area contributed by atoms with E-state index in [-0.39, 0.29) is 48.9 Å². The summed E-state index contributed by atoms with van der Waals surface area (Å²) in [5.41, 5.74) is 7.34.